The minimum atomic E-state index is -0.952. The van der Waals surface area contributed by atoms with Crippen molar-refractivity contribution in [3.63, 3.8) is 0 Å². The predicted molar refractivity (Wildman–Crippen MR) is 126 cm³/mol. The van der Waals surface area contributed by atoms with Crippen LogP contribution in [0.2, 0.25) is 0 Å². The van der Waals surface area contributed by atoms with Crippen molar-refractivity contribution in [1.82, 2.24) is 10.2 Å². The maximum atomic E-state index is 13.2. The molecule has 2 aliphatic carbocycles. The van der Waals surface area contributed by atoms with Gasteiger partial charge >= 0.3 is 12.1 Å². The van der Waals surface area contributed by atoms with E-state index in [1.54, 1.807) is 0 Å². The van der Waals surface area contributed by atoms with E-state index in [9.17, 15) is 19.5 Å². The SMILES string of the molecule is O=C(N[C@H]1CCC[C@H]1C(=O)N1CCCC[C@H]1C(=O)O)OCC1c2ccccc2-c2ccccc21. The molecule has 2 fully saturated rings. The van der Waals surface area contributed by atoms with E-state index in [1.807, 2.05) is 24.3 Å². The van der Waals surface area contributed by atoms with Crippen molar-refractivity contribution in [3.8, 4) is 11.1 Å². The number of nitrogens with one attached hydrogen (secondary N) is 1. The highest BCUT2D eigenvalue weighted by molar-refractivity contribution is 5.86. The van der Waals surface area contributed by atoms with Crippen molar-refractivity contribution in [1.29, 1.82) is 0 Å². The van der Waals surface area contributed by atoms with Gasteiger partial charge in [-0.2, -0.15) is 0 Å². The van der Waals surface area contributed by atoms with Gasteiger partial charge in [-0.25, -0.2) is 9.59 Å². The van der Waals surface area contributed by atoms with E-state index in [1.165, 1.54) is 16.0 Å². The second-order valence-electron chi connectivity index (χ2n) is 9.50. The molecule has 3 atom stereocenters. The first-order chi connectivity index (χ1) is 16.5. The molecule has 2 aromatic carbocycles. The van der Waals surface area contributed by atoms with Gasteiger partial charge in [0.25, 0.3) is 0 Å². The highest BCUT2D eigenvalue weighted by Gasteiger charge is 2.41. The molecule has 0 radical (unpaired) electrons. The predicted octanol–water partition coefficient (Wildman–Crippen LogP) is 4.16. The fourth-order valence-corrected chi connectivity index (χ4v) is 5.88. The smallest absolute Gasteiger partial charge is 0.407 e. The topological polar surface area (TPSA) is 95.9 Å². The van der Waals surface area contributed by atoms with Crippen molar-refractivity contribution < 1.29 is 24.2 Å². The minimum absolute atomic E-state index is 0.0242. The average Bonchev–Trinajstić information content (AvgIpc) is 3.44. The number of carbonyl (C=O) groups excluding carboxylic acids is 2. The zero-order valence-corrected chi connectivity index (χ0v) is 19.1. The minimum Gasteiger partial charge on any atom is -0.480 e. The van der Waals surface area contributed by atoms with E-state index in [2.05, 4.69) is 29.6 Å². The number of nitrogens with zero attached hydrogens (tertiary/aromatic N) is 1. The Balaban J connectivity index is 1.23. The molecule has 2 amide bonds. The van der Waals surface area contributed by atoms with Crippen LogP contribution in [0.3, 0.4) is 0 Å². The molecule has 0 aromatic heterocycles. The molecule has 1 heterocycles. The Morgan fingerprint density at radius 1 is 0.912 bits per heavy atom. The molecule has 1 saturated heterocycles. The number of rotatable bonds is 5. The molecule has 1 aliphatic heterocycles. The number of fused-ring (bicyclic) bond motifs is 3. The Labute approximate surface area is 199 Å². The Kier molecular flexibility index (Phi) is 6.26. The van der Waals surface area contributed by atoms with Crippen LogP contribution in [0.4, 0.5) is 4.79 Å². The van der Waals surface area contributed by atoms with Crippen molar-refractivity contribution in [2.24, 2.45) is 5.92 Å². The van der Waals surface area contributed by atoms with Gasteiger partial charge in [-0.1, -0.05) is 55.0 Å². The normalized spacial score (nSPS) is 23.8. The summed E-state index contributed by atoms with van der Waals surface area (Å²) in [5, 5.41) is 12.5. The molecule has 5 rings (SSSR count). The summed E-state index contributed by atoms with van der Waals surface area (Å²) < 4.78 is 5.67. The lowest BCUT2D eigenvalue weighted by atomic mass is 9.96. The number of amides is 2. The van der Waals surface area contributed by atoms with Gasteiger partial charge in [0.15, 0.2) is 0 Å². The Hall–Kier alpha value is -3.35. The van der Waals surface area contributed by atoms with E-state index < -0.39 is 24.0 Å². The molecule has 3 aliphatic rings. The number of hydrogen-bond donors (Lipinski definition) is 2. The number of aliphatic carboxylic acids is 1. The Morgan fingerprint density at radius 3 is 2.26 bits per heavy atom. The van der Waals surface area contributed by atoms with E-state index in [4.69, 9.17) is 4.74 Å². The van der Waals surface area contributed by atoms with Crippen molar-refractivity contribution in [2.75, 3.05) is 13.2 Å². The lowest BCUT2D eigenvalue weighted by Crippen LogP contribution is -2.53. The fraction of sp³-hybridized carbons (Fsp3) is 0.444. The number of carbonyl (C=O) groups is 3. The first-order valence-electron chi connectivity index (χ1n) is 12.2. The molecule has 0 bridgehead atoms. The van der Waals surface area contributed by atoms with E-state index in [-0.39, 0.29) is 24.5 Å². The maximum Gasteiger partial charge on any atom is 0.407 e. The quantitative estimate of drug-likeness (QED) is 0.696. The summed E-state index contributed by atoms with van der Waals surface area (Å²) in [6.07, 6.45) is 3.73. The number of benzene rings is 2. The second-order valence-corrected chi connectivity index (χ2v) is 9.50. The third-order valence-electron chi connectivity index (χ3n) is 7.55. The molecule has 0 spiro atoms. The van der Waals surface area contributed by atoms with E-state index in [0.717, 1.165) is 30.4 Å². The monoisotopic (exact) mass is 462 g/mol. The van der Waals surface area contributed by atoms with Gasteiger partial charge in [-0.15, -0.1) is 0 Å². The molecule has 0 unspecified atom stereocenters. The molecular weight excluding hydrogens is 432 g/mol. The molecule has 34 heavy (non-hydrogen) atoms. The van der Waals surface area contributed by atoms with Gasteiger partial charge in [0.2, 0.25) is 5.91 Å². The standard InChI is InChI=1S/C27H30N2O5/c30-25(29-15-6-5-14-24(29)26(31)32)21-12-7-13-23(21)28-27(33)34-16-22-19-10-3-1-8-17(19)18-9-2-4-11-20(18)22/h1-4,8-11,21-24H,5-7,12-16H2,(H,28,33)(H,31,32)/t21-,23+,24+/m1/s1. The number of alkyl carbamates (subject to hydrolysis) is 1. The Morgan fingerprint density at radius 2 is 1.59 bits per heavy atom. The number of ether oxygens (including phenoxy) is 1. The second kappa shape index (κ2) is 9.49. The average molecular weight is 463 g/mol. The summed E-state index contributed by atoms with van der Waals surface area (Å²) in [6.45, 7) is 0.683. The van der Waals surface area contributed by atoms with Crippen molar-refractivity contribution in [2.45, 2.75) is 56.5 Å². The van der Waals surface area contributed by atoms with Crippen molar-refractivity contribution in [3.05, 3.63) is 59.7 Å². The number of likely N-dealkylation sites (tertiary alicyclic amines) is 1. The van der Waals surface area contributed by atoms with Crippen molar-refractivity contribution >= 4 is 18.0 Å². The first-order valence-corrected chi connectivity index (χ1v) is 12.2. The zero-order chi connectivity index (χ0) is 23.7. The number of piperidine rings is 1. The third-order valence-corrected chi connectivity index (χ3v) is 7.55. The van der Waals surface area contributed by atoms with E-state index in [0.29, 0.717) is 25.8 Å². The summed E-state index contributed by atoms with van der Waals surface area (Å²) in [6, 6.07) is 15.3. The molecule has 2 N–H and O–H groups in total. The van der Waals surface area contributed by atoms with Gasteiger partial charge in [0.05, 0.1) is 5.92 Å². The lowest BCUT2D eigenvalue weighted by molar-refractivity contribution is -0.154. The van der Waals surface area contributed by atoms with Gasteiger partial charge < -0.3 is 20.1 Å². The van der Waals surface area contributed by atoms with Crippen LogP contribution in [0.5, 0.6) is 0 Å². The summed E-state index contributed by atoms with van der Waals surface area (Å²) in [4.78, 5) is 39.1. The highest BCUT2D eigenvalue weighted by atomic mass is 16.5. The molecule has 178 valence electrons. The summed E-state index contributed by atoms with van der Waals surface area (Å²) in [7, 11) is 0. The van der Waals surface area contributed by atoms with Gasteiger partial charge in [-0.3, -0.25) is 4.79 Å². The molecule has 2 aromatic rings. The van der Waals surface area contributed by atoms with Crippen LogP contribution in [0.15, 0.2) is 48.5 Å². The molecule has 1 saturated carbocycles. The van der Waals surface area contributed by atoms with Gasteiger partial charge in [-0.05, 0) is 54.4 Å². The van der Waals surface area contributed by atoms with Gasteiger partial charge in [0, 0.05) is 18.5 Å². The number of hydrogen-bond acceptors (Lipinski definition) is 4. The first kappa shape index (κ1) is 22.4. The molecular formula is C27H30N2O5. The fourth-order valence-electron chi connectivity index (χ4n) is 5.88. The third kappa shape index (κ3) is 4.15. The van der Waals surface area contributed by atoms with Gasteiger partial charge in [0.1, 0.15) is 12.6 Å². The van der Waals surface area contributed by atoms with Crippen LogP contribution in [0.1, 0.15) is 55.6 Å². The summed E-state index contributed by atoms with van der Waals surface area (Å²) in [5.41, 5.74) is 4.64. The summed E-state index contributed by atoms with van der Waals surface area (Å²) in [5.74, 6) is -1.54. The molecule has 7 nitrogen and oxygen atoms in total. The highest BCUT2D eigenvalue weighted by Crippen LogP contribution is 2.44. The maximum absolute atomic E-state index is 13.2. The molecule has 7 heteroatoms. The van der Waals surface area contributed by atoms with Crippen LogP contribution in [-0.2, 0) is 14.3 Å². The van der Waals surface area contributed by atoms with Crippen LogP contribution >= 0.6 is 0 Å². The summed E-state index contributed by atoms with van der Waals surface area (Å²) >= 11 is 0. The number of carboxylic acids is 1. The number of carboxylic acid groups (broad SMARTS) is 1. The van der Waals surface area contributed by atoms with Crippen LogP contribution < -0.4 is 5.32 Å². The Bertz CT molecular complexity index is 1050. The van der Waals surface area contributed by atoms with Crippen LogP contribution in [-0.4, -0.2) is 53.2 Å². The zero-order valence-electron chi connectivity index (χ0n) is 19.1. The largest absolute Gasteiger partial charge is 0.480 e. The van der Waals surface area contributed by atoms with Crippen LogP contribution in [0, 0.1) is 5.92 Å². The van der Waals surface area contributed by atoms with Crippen LogP contribution in [0.25, 0.3) is 11.1 Å². The lowest BCUT2D eigenvalue weighted by Gasteiger charge is -2.36. The van der Waals surface area contributed by atoms with E-state index >= 15 is 0 Å².